The topological polar surface area (TPSA) is 15.3 Å². The van der Waals surface area contributed by atoms with Gasteiger partial charge in [0.1, 0.15) is 0 Å². The first-order valence-electron chi connectivity index (χ1n) is 8.15. The molecule has 0 aromatic rings. The second-order valence-electron chi connectivity index (χ2n) is 6.57. The highest BCUT2D eigenvalue weighted by Crippen LogP contribution is 2.33. The van der Waals surface area contributed by atoms with Crippen molar-refractivity contribution in [3.05, 3.63) is 0 Å². The highest BCUT2D eigenvalue weighted by atomic mass is 15.2. The van der Waals surface area contributed by atoms with E-state index in [1.165, 1.54) is 64.3 Å². The summed E-state index contributed by atoms with van der Waals surface area (Å²) < 4.78 is 0. The van der Waals surface area contributed by atoms with Crippen molar-refractivity contribution in [1.29, 1.82) is 0 Å². The Morgan fingerprint density at radius 1 is 1.17 bits per heavy atom. The average molecular weight is 252 g/mol. The molecule has 1 saturated heterocycles. The Hall–Kier alpha value is -0.0800. The van der Waals surface area contributed by atoms with Gasteiger partial charge in [0.2, 0.25) is 0 Å². The third-order valence-corrected chi connectivity index (χ3v) is 5.61. The second-order valence-corrected chi connectivity index (χ2v) is 6.57. The molecule has 1 aliphatic heterocycles. The molecule has 2 atom stereocenters. The number of hydrogen-bond acceptors (Lipinski definition) is 2. The minimum Gasteiger partial charge on any atom is -0.314 e. The first-order chi connectivity index (χ1) is 8.71. The molecule has 0 bridgehead atoms. The van der Waals surface area contributed by atoms with E-state index in [0.717, 1.165) is 12.1 Å². The molecule has 106 valence electrons. The standard InChI is InChI=1S/C16H32N2/c1-4-15-9-8-14(2)18(15)13-12-16(17-3)10-6-5-7-11-16/h14-15,17H,4-13H2,1-3H3. The summed E-state index contributed by atoms with van der Waals surface area (Å²) in [6.07, 6.45) is 12.6. The van der Waals surface area contributed by atoms with Crippen molar-refractivity contribution in [3.8, 4) is 0 Å². The van der Waals surface area contributed by atoms with Gasteiger partial charge in [-0.05, 0) is 52.5 Å². The summed E-state index contributed by atoms with van der Waals surface area (Å²) in [6, 6.07) is 1.67. The molecule has 2 unspecified atom stereocenters. The Morgan fingerprint density at radius 2 is 1.89 bits per heavy atom. The summed E-state index contributed by atoms with van der Waals surface area (Å²) in [5.41, 5.74) is 0.457. The first-order valence-corrected chi connectivity index (χ1v) is 8.15. The lowest BCUT2D eigenvalue weighted by atomic mass is 9.79. The van der Waals surface area contributed by atoms with Crippen molar-refractivity contribution < 1.29 is 0 Å². The SMILES string of the molecule is CCC1CCC(C)N1CCC1(NC)CCCCC1. The van der Waals surface area contributed by atoms with Gasteiger partial charge in [0, 0.05) is 24.2 Å². The first kappa shape index (κ1) is 14.3. The fourth-order valence-corrected chi connectivity index (χ4v) is 4.16. The maximum absolute atomic E-state index is 3.66. The van der Waals surface area contributed by atoms with Crippen LogP contribution in [0.25, 0.3) is 0 Å². The smallest absolute Gasteiger partial charge is 0.0190 e. The van der Waals surface area contributed by atoms with E-state index in [2.05, 4.69) is 31.1 Å². The van der Waals surface area contributed by atoms with Gasteiger partial charge >= 0.3 is 0 Å². The van der Waals surface area contributed by atoms with Crippen molar-refractivity contribution in [2.24, 2.45) is 0 Å². The Morgan fingerprint density at radius 3 is 2.50 bits per heavy atom. The molecule has 1 saturated carbocycles. The van der Waals surface area contributed by atoms with Crippen LogP contribution in [0.15, 0.2) is 0 Å². The quantitative estimate of drug-likeness (QED) is 0.805. The van der Waals surface area contributed by atoms with Gasteiger partial charge in [-0.25, -0.2) is 0 Å². The highest BCUT2D eigenvalue weighted by molar-refractivity contribution is 4.93. The van der Waals surface area contributed by atoms with Crippen LogP contribution in [0.4, 0.5) is 0 Å². The van der Waals surface area contributed by atoms with Crippen molar-refractivity contribution in [2.75, 3.05) is 13.6 Å². The van der Waals surface area contributed by atoms with Gasteiger partial charge in [-0.2, -0.15) is 0 Å². The number of nitrogens with one attached hydrogen (secondary N) is 1. The van der Waals surface area contributed by atoms with Crippen molar-refractivity contribution in [2.45, 2.75) is 89.3 Å². The molecular weight excluding hydrogens is 220 g/mol. The molecule has 1 heterocycles. The zero-order chi connectivity index (χ0) is 13.0. The summed E-state index contributed by atoms with van der Waals surface area (Å²) in [7, 11) is 2.18. The van der Waals surface area contributed by atoms with E-state index in [1.54, 1.807) is 0 Å². The lowest BCUT2D eigenvalue weighted by molar-refractivity contribution is 0.148. The van der Waals surface area contributed by atoms with E-state index >= 15 is 0 Å². The summed E-state index contributed by atoms with van der Waals surface area (Å²) in [4.78, 5) is 2.79. The third kappa shape index (κ3) is 3.08. The zero-order valence-electron chi connectivity index (χ0n) is 12.7. The summed E-state index contributed by atoms with van der Waals surface area (Å²) >= 11 is 0. The van der Waals surface area contributed by atoms with Crippen molar-refractivity contribution in [1.82, 2.24) is 10.2 Å². The molecule has 0 aromatic carbocycles. The molecule has 2 fully saturated rings. The molecular formula is C16H32N2. The minimum atomic E-state index is 0.457. The van der Waals surface area contributed by atoms with Gasteiger partial charge in [-0.1, -0.05) is 26.2 Å². The largest absolute Gasteiger partial charge is 0.314 e. The third-order valence-electron chi connectivity index (χ3n) is 5.61. The van der Waals surface area contributed by atoms with E-state index in [1.807, 2.05) is 0 Å². The van der Waals surface area contributed by atoms with Crippen LogP contribution in [0.3, 0.4) is 0 Å². The van der Waals surface area contributed by atoms with Crippen LogP contribution < -0.4 is 5.32 Å². The van der Waals surface area contributed by atoms with Gasteiger partial charge in [-0.15, -0.1) is 0 Å². The Balaban J connectivity index is 1.88. The lowest BCUT2D eigenvalue weighted by Gasteiger charge is -2.40. The number of hydrogen-bond donors (Lipinski definition) is 1. The van der Waals surface area contributed by atoms with Crippen LogP contribution in [-0.2, 0) is 0 Å². The Kier molecular flexibility index (Phi) is 5.08. The zero-order valence-corrected chi connectivity index (χ0v) is 12.7. The molecule has 1 N–H and O–H groups in total. The van der Waals surface area contributed by atoms with E-state index in [-0.39, 0.29) is 0 Å². The monoisotopic (exact) mass is 252 g/mol. The fraction of sp³-hybridized carbons (Fsp3) is 1.00. The summed E-state index contributed by atoms with van der Waals surface area (Å²) in [5, 5.41) is 3.66. The number of likely N-dealkylation sites (tertiary alicyclic amines) is 1. The average Bonchev–Trinajstić information content (AvgIpc) is 2.78. The molecule has 0 spiro atoms. The lowest BCUT2D eigenvalue weighted by Crippen LogP contribution is -2.48. The molecule has 0 amide bonds. The van der Waals surface area contributed by atoms with Crippen LogP contribution >= 0.6 is 0 Å². The van der Waals surface area contributed by atoms with Gasteiger partial charge in [-0.3, -0.25) is 4.90 Å². The number of rotatable bonds is 5. The molecule has 2 nitrogen and oxygen atoms in total. The van der Waals surface area contributed by atoms with Gasteiger partial charge in [0.05, 0.1) is 0 Å². The summed E-state index contributed by atoms with van der Waals surface area (Å²) in [6.45, 7) is 6.08. The van der Waals surface area contributed by atoms with E-state index in [9.17, 15) is 0 Å². The van der Waals surface area contributed by atoms with Gasteiger partial charge < -0.3 is 5.32 Å². The minimum absolute atomic E-state index is 0.457. The van der Waals surface area contributed by atoms with E-state index in [4.69, 9.17) is 0 Å². The van der Waals surface area contributed by atoms with Crippen LogP contribution in [0.2, 0.25) is 0 Å². The van der Waals surface area contributed by atoms with E-state index in [0.29, 0.717) is 5.54 Å². The van der Waals surface area contributed by atoms with Gasteiger partial charge in [0.15, 0.2) is 0 Å². The molecule has 18 heavy (non-hydrogen) atoms. The molecule has 1 aliphatic carbocycles. The van der Waals surface area contributed by atoms with Crippen LogP contribution in [0.1, 0.15) is 71.6 Å². The number of nitrogens with zero attached hydrogens (tertiary/aromatic N) is 1. The maximum atomic E-state index is 3.66. The Labute approximate surface area is 114 Å². The van der Waals surface area contributed by atoms with Crippen LogP contribution in [0.5, 0.6) is 0 Å². The Bertz CT molecular complexity index is 245. The second kappa shape index (κ2) is 6.38. The maximum Gasteiger partial charge on any atom is 0.0190 e. The van der Waals surface area contributed by atoms with Crippen molar-refractivity contribution in [3.63, 3.8) is 0 Å². The van der Waals surface area contributed by atoms with E-state index < -0.39 is 0 Å². The summed E-state index contributed by atoms with van der Waals surface area (Å²) in [5.74, 6) is 0. The molecule has 0 aromatic heterocycles. The fourth-order valence-electron chi connectivity index (χ4n) is 4.16. The molecule has 2 aliphatic rings. The van der Waals surface area contributed by atoms with Gasteiger partial charge in [0.25, 0.3) is 0 Å². The van der Waals surface area contributed by atoms with Crippen LogP contribution in [-0.4, -0.2) is 36.1 Å². The molecule has 2 heteroatoms. The molecule has 0 radical (unpaired) electrons. The normalized spacial score (nSPS) is 32.8. The van der Waals surface area contributed by atoms with Crippen LogP contribution in [0, 0.1) is 0 Å². The highest BCUT2D eigenvalue weighted by Gasteiger charge is 2.34. The van der Waals surface area contributed by atoms with Crippen molar-refractivity contribution >= 4 is 0 Å². The predicted molar refractivity (Wildman–Crippen MR) is 79.0 cm³/mol. The predicted octanol–water partition coefficient (Wildman–Crippen LogP) is 3.56. The molecule has 2 rings (SSSR count).